The fourth-order valence-electron chi connectivity index (χ4n) is 3.21. The van der Waals surface area contributed by atoms with Crippen molar-refractivity contribution in [2.24, 2.45) is 0 Å². The molecule has 0 spiro atoms. The molecule has 0 atom stereocenters. The lowest BCUT2D eigenvalue weighted by Gasteiger charge is -2.26. The SMILES string of the molecule is O=C(CCC(=O)N1CCc2c(noc2-c2ccc(Cl)cc2)C1)c1cccs1. The highest BCUT2D eigenvalue weighted by Crippen LogP contribution is 2.31. The van der Waals surface area contributed by atoms with Crippen molar-refractivity contribution in [3.05, 3.63) is 62.9 Å². The fourth-order valence-corrected chi connectivity index (χ4v) is 4.03. The van der Waals surface area contributed by atoms with Gasteiger partial charge in [-0.3, -0.25) is 9.59 Å². The quantitative estimate of drug-likeness (QED) is 0.587. The molecule has 0 radical (unpaired) electrons. The maximum Gasteiger partial charge on any atom is 0.223 e. The molecule has 0 N–H and O–H groups in total. The second-order valence-electron chi connectivity index (χ2n) is 6.41. The Morgan fingerprint density at radius 2 is 2.00 bits per heavy atom. The molecular weight excluding hydrogens is 384 g/mol. The van der Waals surface area contributed by atoms with Crippen molar-refractivity contribution in [3.8, 4) is 11.3 Å². The highest BCUT2D eigenvalue weighted by molar-refractivity contribution is 7.12. The van der Waals surface area contributed by atoms with Gasteiger partial charge in [-0.2, -0.15) is 0 Å². The summed E-state index contributed by atoms with van der Waals surface area (Å²) in [7, 11) is 0. The normalized spacial score (nSPS) is 13.4. The van der Waals surface area contributed by atoms with Gasteiger partial charge in [0.15, 0.2) is 11.5 Å². The largest absolute Gasteiger partial charge is 0.356 e. The van der Waals surface area contributed by atoms with E-state index >= 15 is 0 Å². The number of ketones is 1. The zero-order valence-electron chi connectivity index (χ0n) is 14.5. The van der Waals surface area contributed by atoms with E-state index in [1.807, 2.05) is 35.7 Å². The summed E-state index contributed by atoms with van der Waals surface area (Å²) in [5, 5.41) is 6.69. The predicted octanol–water partition coefficient (Wildman–Crippen LogP) is 4.60. The lowest BCUT2D eigenvalue weighted by Crippen LogP contribution is -2.36. The summed E-state index contributed by atoms with van der Waals surface area (Å²) in [5.74, 6) is 0.728. The van der Waals surface area contributed by atoms with E-state index in [9.17, 15) is 9.59 Å². The Morgan fingerprint density at radius 3 is 2.74 bits per heavy atom. The smallest absolute Gasteiger partial charge is 0.223 e. The molecule has 1 aliphatic rings. The summed E-state index contributed by atoms with van der Waals surface area (Å²) < 4.78 is 5.53. The maximum atomic E-state index is 12.5. The molecule has 1 amide bonds. The van der Waals surface area contributed by atoms with E-state index in [1.165, 1.54) is 11.3 Å². The van der Waals surface area contributed by atoms with Crippen LogP contribution in [0.5, 0.6) is 0 Å². The first-order valence-corrected chi connectivity index (χ1v) is 9.95. The van der Waals surface area contributed by atoms with Crippen molar-refractivity contribution in [1.29, 1.82) is 0 Å². The van der Waals surface area contributed by atoms with Crippen molar-refractivity contribution in [1.82, 2.24) is 10.1 Å². The number of nitrogens with zero attached hydrogens (tertiary/aromatic N) is 2. The van der Waals surface area contributed by atoms with E-state index < -0.39 is 0 Å². The maximum absolute atomic E-state index is 12.5. The highest BCUT2D eigenvalue weighted by Gasteiger charge is 2.27. The van der Waals surface area contributed by atoms with Crippen molar-refractivity contribution >= 4 is 34.6 Å². The molecule has 0 saturated carbocycles. The van der Waals surface area contributed by atoms with Crippen LogP contribution in [-0.2, 0) is 17.8 Å². The van der Waals surface area contributed by atoms with Crippen LogP contribution in [0.3, 0.4) is 0 Å². The number of halogens is 1. The third-order valence-corrected chi connectivity index (χ3v) is 5.83. The number of aromatic nitrogens is 1. The van der Waals surface area contributed by atoms with Crippen LogP contribution in [0.4, 0.5) is 0 Å². The zero-order chi connectivity index (χ0) is 18.8. The molecule has 27 heavy (non-hydrogen) atoms. The highest BCUT2D eigenvalue weighted by atomic mass is 35.5. The predicted molar refractivity (Wildman–Crippen MR) is 104 cm³/mol. The number of thiophene rings is 1. The summed E-state index contributed by atoms with van der Waals surface area (Å²) >= 11 is 7.35. The van der Waals surface area contributed by atoms with Crippen LogP contribution in [-0.4, -0.2) is 28.3 Å². The number of hydrogen-bond acceptors (Lipinski definition) is 5. The van der Waals surface area contributed by atoms with Gasteiger partial charge >= 0.3 is 0 Å². The summed E-state index contributed by atoms with van der Waals surface area (Å²) in [5.41, 5.74) is 2.75. The molecule has 5 nitrogen and oxygen atoms in total. The lowest BCUT2D eigenvalue weighted by atomic mass is 10.0. The van der Waals surface area contributed by atoms with Gasteiger partial charge in [0.25, 0.3) is 0 Å². The average molecular weight is 401 g/mol. The Balaban J connectivity index is 1.40. The van der Waals surface area contributed by atoms with E-state index in [-0.39, 0.29) is 24.5 Å². The molecule has 138 valence electrons. The molecular formula is C20H17ClN2O3S. The molecule has 3 aromatic rings. The topological polar surface area (TPSA) is 63.4 Å². The van der Waals surface area contributed by atoms with E-state index in [2.05, 4.69) is 5.16 Å². The molecule has 7 heteroatoms. The van der Waals surface area contributed by atoms with Gasteiger partial charge in [0.1, 0.15) is 5.69 Å². The molecule has 0 aliphatic carbocycles. The number of Topliss-reactive ketones (excluding diaryl/α,β-unsaturated/α-hetero) is 1. The van der Waals surface area contributed by atoms with Gasteiger partial charge in [0.2, 0.25) is 5.91 Å². The minimum absolute atomic E-state index is 0.0162. The minimum atomic E-state index is -0.0263. The summed E-state index contributed by atoms with van der Waals surface area (Å²) in [4.78, 5) is 27.0. The molecule has 2 aromatic heterocycles. The van der Waals surface area contributed by atoms with Crippen LogP contribution in [0, 0.1) is 0 Å². The number of fused-ring (bicyclic) bond motifs is 1. The molecule has 4 rings (SSSR count). The first-order valence-electron chi connectivity index (χ1n) is 8.69. The molecule has 0 fully saturated rings. The van der Waals surface area contributed by atoms with Gasteiger partial charge in [-0.25, -0.2) is 0 Å². The van der Waals surface area contributed by atoms with Crippen LogP contribution < -0.4 is 0 Å². The van der Waals surface area contributed by atoms with Crippen molar-refractivity contribution in [2.45, 2.75) is 25.8 Å². The van der Waals surface area contributed by atoms with Gasteiger partial charge in [-0.1, -0.05) is 22.8 Å². The Bertz CT molecular complexity index is 964. The number of amides is 1. The van der Waals surface area contributed by atoms with Crippen LogP contribution in [0.25, 0.3) is 11.3 Å². The first-order chi connectivity index (χ1) is 13.1. The van der Waals surface area contributed by atoms with Crippen LogP contribution in [0.1, 0.15) is 33.8 Å². The van der Waals surface area contributed by atoms with E-state index in [4.69, 9.17) is 16.1 Å². The summed E-state index contributed by atoms with van der Waals surface area (Å²) in [6.45, 7) is 1.01. The second kappa shape index (κ2) is 7.66. The van der Waals surface area contributed by atoms with E-state index in [0.29, 0.717) is 29.4 Å². The lowest BCUT2D eigenvalue weighted by molar-refractivity contribution is -0.132. The summed E-state index contributed by atoms with van der Waals surface area (Å²) in [6, 6.07) is 11.1. The van der Waals surface area contributed by atoms with Gasteiger partial charge in [0.05, 0.1) is 11.4 Å². The van der Waals surface area contributed by atoms with Gasteiger partial charge < -0.3 is 9.42 Å². The van der Waals surface area contributed by atoms with Gasteiger partial charge in [-0.05, 0) is 42.1 Å². The standard InChI is InChI=1S/C20H17ClN2O3S/c21-14-5-3-13(4-6-14)20-15-9-10-23(12-16(15)22-26-20)19(25)8-7-17(24)18-2-1-11-27-18/h1-6,11H,7-10,12H2. The van der Waals surface area contributed by atoms with Crippen molar-refractivity contribution in [2.75, 3.05) is 6.54 Å². The second-order valence-corrected chi connectivity index (χ2v) is 7.79. The summed E-state index contributed by atoms with van der Waals surface area (Å²) in [6.07, 6.45) is 1.13. The molecule has 0 unspecified atom stereocenters. The number of rotatable bonds is 5. The van der Waals surface area contributed by atoms with Crippen LogP contribution in [0.2, 0.25) is 5.02 Å². The molecule has 1 aromatic carbocycles. The van der Waals surface area contributed by atoms with E-state index in [0.717, 1.165) is 22.6 Å². The Morgan fingerprint density at radius 1 is 1.19 bits per heavy atom. The van der Waals surface area contributed by atoms with Gasteiger partial charge in [-0.15, -0.1) is 11.3 Å². The van der Waals surface area contributed by atoms with Crippen molar-refractivity contribution in [3.63, 3.8) is 0 Å². The third kappa shape index (κ3) is 3.82. The Hall–Kier alpha value is -2.44. The third-order valence-electron chi connectivity index (χ3n) is 4.66. The zero-order valence-corrected chi connectivity index (χ0v) is 16.1. The minimum Gasteiger partial charge on any atom is -0.356 e. The molecule has 3 heterocycles. The Kier molecular flexibility index (Phi) is 5.09. The molecule has 0 bridgehead atoms. The Labute approximate surface area is 165 Å². The average Bonchev–Trinajstić information content (AvgIpc) is 3.36. The molecule has 0 saturated heterocycles. The van der Waals surface area contributed by atoms with Gasteiger partial charge in [0, 0.05) is 35.5 Å². The monoisotopic (exact) mass is 400 g/mol. The fraction of sp³-hybridized carbons (Fsp3) is 0.250. The molecule has 1 aliphatic heterocycles. The number of carbonyl (C=O) groups excluding carboxylic acids is 2. The number of hydrogen-bond donors (Lipinski definition) is 0. The van der Waals surface area contributed by atoms with Crippen molar-refractivity contribution < 1.29 is 14.1 Å². The van der Waals surface area contributed by atoms with E-state index in [1.54, 1.807) is 11.0 Å². The number of carbonyl (C=O) groups is 2. The number of benzene rings is 1. The van der Waals surface area contributed by atoms with Crippen LogP contribution >= 0.6 is 22.9 Å². The first kappa shape index (κ1) is 17.9. The van der Waals surface area contributed by atoms with Crippen LogP contribution in [0.15, 0.2) is 46.3 Å².